The lowest BCUT2D eigenvalue weighted by molar-refractivity contribution is -0.130. The van der Waals surface area contributed by atoms with Crippen LogP contribution in [0, 0.1) is 6.92 Å². The maximum atomic E-state index is 12.8. The van der Waals surface area contributed by atoms with Crippen molar-refractivity contribution in [1.82, 2.24) is 14.7 Å². The summed E-state index contributed by atoms with van der Waals surface area (Å²) >= 11 is 6.40. The fraction of sp³-hybridized carbons (Fsp3) is 0.240. The number of allylic oxidation sites excluding steroid dienone is 1. The molecule has 1 amide bonds. The van der Waals surface area contributed by atoms with E-state index in [2.05, 4.69) is 5.10 Å². The molecule has 0 fully saturated rings. The van der Waals surface area contributed by atoms with Crippen LogP contribution in [0.15, 0.2) is 54.7 Å². The summed E-state index contributed by atoms with van der Waals surface area (Å²) in [6.07, 6.45) is 4.69. The van der Waals surface area contributed by atoms with Crippen molar-refractivity contribution in [2.24, 2.45) is 0 Å². The fourth-order valence-electron chi connectivity index (χ4n) is 3.09. The maximum Gasteiger partial charge on any atom is 0.259 e. The highest BCUT2D eigenvalue weighted by Gasteiger charge is 2.16. The Bertz CT molecular complexity index is 1170. The average molecular weight is 468 g/mol. The first-order chi connectivity index (χ1) is 15.8. The van der Waals surface area contributed by atoms with Crippen LogP contribution in [0.2, 0.25) is 5.02 Å². The first-order valence-electron chi connectivity index (χ1n) is 10.4. The quantitative estimate of drug-likeness (QED) is 0.340. The van der Waals surface area contributed by atoms with Gasteiger partial charge in [0.1, 0.15) is 0 Å². The standard InChI is InChI=1S/C25H26ClN3O4/c1-5-32-23-14-18(13-21(26)25(23)33-16-24(31)28(3)4)11-12-22(30)20-15-27-29(17(20)2)19-9-7-6-8-10-19/h6-15H,5,16H2,1-4H3. The molecule has 3 rings (SSSR count). The summed E-state index contributed by atoms with van der Waals surface area (Å²) in [5.41, 5.74) is 2.80. The lowest BCUT2D eigenvalue weighted by Gasteiger charge is -2.16. The Hall–Kier alpha value is -3.58. The number of likely N-dealkylation sites (N-methyl/N-ethyl adjacent to an activating group) is 1. The summed E-state index contributed by atoms with van der Waals surface area (Å²) in [5, 5.41) is 4.63. The summed E-state index contributed by atoms with van der Waals surface area (Å²) in [6, 6.07) is 13.0. The molecule has 0 bridgehead atoms. The number of carbonyl (C=O) groups excluding carboxylic acids is 2. The molecule has 0 saturated heterocycles. The highest BCUT2D eigenvalue weighted by atomic mass is 35.5. The van der Waals surface area contributed by atoms with Crippen molar-refractivity contribution in [2.75, 3.05) is 27.3 Å². The fourth-order valence-corrected chi connectivity index (χ4v) is 3.37. The second-order valence-electron chi connectivity index (χ2n) is 7.43. The van der Waals surface area contributed by atoms with Gasteiger partial charge < -0.3 is 14.4 Å². The Morgan fingerprint density at radius 2 is 1.88 bits per heavy atom. The molecule has 0 radical (unpaired) electrons. The number of hydrogen-bond acceptors (Lipinski definition) is 5. The van der Waals surface area contributed by atoms with E-state index >= 15 is 0 Å². The van der Waals surface area contributed by atoms with Gasteiger partial charge in [0.25, 0.3) is 5.91 Å². The smallest absolute Gasteiger partial charge is 0.259 e. The summed E-state index contributed by atoms with van der Waals surface area (Å²) in [4.78, 5) is 26.1. The molecule has 33 heavy (non-hydrogen) atoms. The van der Waals surface area contributed by atoms with E-state index in [1.165, 1.54) is 11.0 Å². The molecule has 0 N–H and O–H groups in total. The number of benzene rings is 2. The third-order valence-electron chi connectivity index (χ3n) is 4.87. The van der Waals surface area contributed by atoms with E-state index in [1.807, 2.05) is 44.2 Å². The van der Waals surface area contributed by atoms with E-state index in [0.717, 1.165) is 11.4 Å². The van der Waals surface area contributed by atoms with Gasteiger partial charge in [-0.3, -0.25) is 9.59 Å². The van der Waals surface area contributed by atoms with Gasteiger partial charge in [0.15, 0.2) is 23.9 Å². The number of ether oxygens (including phenoxy) is 2. The van der Waals surface area contributed by atoms with Gasteiger partial charge in [0.2, 0.25) is 0 Å². The van der Waals surface area contributed by atoms with Gasteiger partial charge in [-0.25, -0.2) is 4.68 Å². The van der Waals surface area contributed by atoms with Crippen molar-refractivity contribution in [1.29, 1.82) is 0 Å². The normalized spacial score (nSPS) is 10.9. The van der Waals surface area contributed by atoms with Crippen LogP contribution in [-0.4, -0.2) is 53.7 Å². The van der Waals surface area contributed by atoms with E-state index in [-0.39, 0.29) is 29.1 Å². The molecule has 2 aromatic carbocycles. The van der Waals surface area contributed by atoms with E-state index in [4.69, 9.17) is 21.1 Å². The number of rotatable bonds is 9. The Kier molecular flexibility index (Phi) is 7.90. The monoisotopic (exact) mass is 467 g/mol. The van der Waals surface area contributed by atoms with E-state index in [1.54, 1.807) is 43.2 Å². The molecular weight excluding hydrogens is 442 g/mol. The number of amides is 1. The number of ketones is 1. The van der Waals surface area contributed by atoms with Crippen molar-refractivity contribution >= 4 is 29.4 Å². The predicted octanol–water partition coefficient (Wildman–Crippen LogP) is 4.60. The topological polar surface area (TPSA) is 73.7 Å². The molecule has 172 valence electrons. The summed E-state index contributed by atoms with van der Waals surface area (Å²) in [6.45, 7) is 3.91. The average Bonchev–Trinajstić information content (AvgIpc) is 3.18. The van der Waals surface area contributed by atoms with Crippen LogP contribution in [0.1, 0.15) is 28.5 Å². The van der Waals surface area contributed by atoms with Crippen molar-refractivity contribution in [2.45, 2.75) is 13.8 Å². The molecule has 0 unspecified atom stereocenters. The molecule has 0 aliphatic rings. The first-order valence-corrected chi connectivity index (χ1v) is 10.8. The van der Waals surface area contributed by atoms with Gasteiger partial charge in [-0.1, -0.05) is 35.9 Å². The van der Waals surface area contributed by atoms with Gasteiger partial charge in [-0.2, -0.15) is 5.10 Å². The van der Waals surface area contributed by atoms with Gasteiger partial charge in [-0.05, 0) is 49.8 Å². The SMILES string of the molecule is CCOc1cc(C=CC(=O)c2cnn(-c3ccccc3)c2C)cc(Cl)c1OCC(=O)N(C)C. The number of halogens is 1. The van der Waals surface area contributed by atoms with Gasteiger partial charge in [0.05, 0.1) is 34.8 Å². The Labute approximate surface area is 198 Å². The van der Waals surface area contributed by atoms with Gasteiger partial charge in [0, 0.05) is 14.1 Å². The number of aromatic nitrogens is 2. The lowest BCUT2D eigenvalue weighted by atomic mass is 10.1. The molecule has 0 saturated carbocycles. The zero-order valence-electron chi connectivity index (χ0n) is 19.0. The second-order valence-corrected chi connectivity index (χ2v) is 7.84. The lowest BCUT2D eigenvalue weighted by Crippen LogP contribution is -2.27. The predicted molar refractivity (Wildman–Crippen MR) is 128 cm³/mol. The molecule has 0 aliphatic heterocycles. The van der Waals surface area contributed by atoms with Crippen LogP contribution in [0.4, 0.5) is 0 Å². The molecule has 1 aromatic heterocycles. The van der Waals surface area contributed by atoms with Gasteiger partial charge in [-0.15, -0.1) is 0 Å². The van der Waals surface area contributed by atoms with Crippen molar-refractivity contribution in [3.63, 3.8) is 0 Å². The third kappa shape index (κ3) is 5.81. The number of carbonyl (C=O) groups is 2. The maximum absolute atomic E-state index is 12.8. The van der Waals surface area contributed by atoms with Crippen LogP contribution >= 0.6 is 11.6 Å². The van der Waals surface area contributed by atoms with Crippen LogP contribution < -0.4 is 9.47 Å². The minimum absolute atomic E-state index is 0.162. The number of nitrogens with zero attached hydrogens (tertiary/aromatic N) is 3. The van der Waals surface area contributed by atoms with Crippen molar-refractivity contribution in [3.05, 3.63) is 76.6 Å². The van der Waals surface area contributed by atoms with Crippen LogP contribution in [0.3, 0.4) is 0 Å². The summed E-state index contributed by atoms with van der Waals surface area (Å²) < 4.78 is 13.0. The summed E-state index contributed by atoms with van der Waals surface area (Å²) in [5.74, 6) is 0.309. The molecule has 0 aliphatic carbocycles. The molecule has 1 heterocycles. The number of hydrogen-bond donors (Lipinski definition) is 0. The molecule has 0 spiro atoms. The minimum atomic E-state index is -0.200. The Balaban J connectivity index is 1.81. The largest absolute Gasteiger partial charge is 0.490 e. The first kappa shape index (κ1) is 24.1. The Morgan fingerprint density at radius 1 is 1.15 bits per heavy atom. The number of para-hydroxylation sites is 1. The molecule has 3 aromatic rings. The molecule has 0 atom stereocenters. The zero-order chi connectivity index (χ0) is 24.0. The highest BCUT2D eigenvalue weighted by molar-refractivity contribution is 6.32. The van der Waals surface area contributed by atoms with Crippen molar-refractivity contribution < 1.29 is 19.1 Å². The van der Waals surface area contributed by atoms with E-state index < -0.39 is 0 Å². The van der Waals surface area contributed by atoms with Crippen LogP contribution in [-0.2, 0) is 4.79 Å². The summed E-state index contributed by atoms with van der Waals surface area (Å²) in [7, 11) is 3.29. The zero-order valence-corrected chi connectivity index (χ0v) is 19.8. The molecular formula is C25H26ClN3O4. The van der Waals surface area contributed by atoms with Gasteiger partial charge >= 0.3 is 0 Å². The minimum Gasteiger partial charge on any atom is -0.490 e. The van der Waals surface area contributed by atoms with E-state index in [9.17, 15) is 9.59 Å². The van der Waals surface area contributed by atoms with Crippen LogP contribution in [0.5, 0.6) is 11.5 Å². The highest BCUT2D eigenvalue weighted by Crippen LogP contribution is 2.37. The Morgan fingerprint density at radius 3 is 2.55 bits per heavy atom. The second kappa shape index (κ2) is 10.8. The molecule has 7 nitrogen and oxygen atoms in total. The molecule has 8 heteroatoms. The third-order valence-corrected chi connectivity index (χ3v) is 5.15. The van der Waals surface area contributed by atoms with Crippen LogP contribution in [0.25, 0.3) is 11.8 Å². The van der Waals surface area contributed by atoms with Crippen molar-refractivity contribution in [3.8, 4) is 17.2 Å². The van der Waals surface area contributed by atoms with E-state index in [0.29, 0.717) is 23.5 Å².